The van der Waals surface area contributed by atoms with Crippen LogP contribution in [0.2, 0.25) is 5.02 Å². The van der Waals surface area contributed by atoms with Crippen LogP contribution >= 0.6 is 11.6 Å². The maximum Gasteiger partial charge on any atom is 0.416 e. The van der Waals surface area contributed by atoms with E-state index in [1.54, 1.807) is 0 Å². The average molecular weight is 284 g/mol. The van der Waals surface area contributed by atoms with Crippen molar-refractivity contribution in [1.82, 2.24) is 0 Å². The van der Waals surface area contributed by atoms with Crippen LogP contribution in [0, 0.1) is 0 Å². The Hall–Kier alpha value is -1.47. The second-order valence-electron chi connectivity index (χ2n) is 3.60. The minimum Gasteiger partial charge on any atom is -0.506 e. The third-order valence-electron chi connectivity index (χ3n) is 2.21. The molecule has 1 rings (SSSR count). The normalized spacial score (nSPS) is 13.4. The first-order valence-electron chi connectivity index (χ1n) is 4.70. The fraction of sp³-hybridized carbons (Fsp3) is 0.300. The van der Waals surface area contributed by atoms with Gasteiger partial charge >= 0.3 is 12.1 Å². The van der Waals surface area contributed by atoms with Gasteiger partial charge in [-0.25, -0.2) is 0 Å². The molecule has 0 aliphatic carbocycles. The zero-order valence-electron chi connectivity index (χ0n) is 8.83. The number of carboxylic acid groups (broad SMARTS) is 1. The van der Waals surface area contributed by atoms with Crippen molar-refractivity contribution in [2.24, 2.45) is 5.73 Å². The maximum absolute atomic E-state index is 12.5. The Bertz CT molecular complexity index is 476. The molecule has 1 unspecified atom stereocenters. The number of halogens is 4. The molecule has 1 atom stereocenters. The van der Waals surface area contributed by atoms with Crippen LogP contribution in [0.15, 0.2) is 12.1 Å². The molecule has 0 spiro atoms. The highest BCUT2D eigenvalue weighted by atomic mass is 35.5. The SMILES string of the molecule is NC(CC(=O)O)c1cc(C(F)(F)F)cc(Cl)c1O. The fourth-order valence-corrected chi connectivity index (χ4v) is 1.59. The average Bonchev–Trinajstić information content (AvgIpc) is 2.18. The molecule has 0 bridgehead atoms. The van der Waals surface area contributed by atoms with E-state index in [2.05, 4.69) is 0 Å². The number of alkyl halides is 3. The minimum atomic E-state index is -4.66. The monoisotopic (exact) mass is 283 g/mol. The van der Waals surface area contributed by atoms with E-state index in [9.17, 15) is 23.1 Å². The smallest absolute Gasteiger partial charge is 0.416 e. The number of phenolic OH excluding ortho intramolecular Hbond substituents is 1. The zero-order chi connectivity index (χ0) is 14.1. The fourth-order valence-electron chi connectivity index (χ4n) is 1.36. The third kappa shape index (κ3) is 3.27. The van der Waals surface area contributed by atoms with Crippen molar-refractivity contribution < 1.29 is 28.2 Å². The summed E-state index contributed by atoms with van der Waals surface area (Å²) < 4.78 is 37.5. The summed E-state index contributed by atoms with van der Waals surface area (Å²) in [6, 6.07) is -0.134. The number of rotatable bonds is 3. The van der Waals surface area contributed by atoms with E-state index in [0.717, 1.165) is 0 Å². The maximum atomic E-state index is 12.5. The molecule has 18 heavy (non-hydrogen) atoms. The van der Waals surface area contributed by atoms with Gasteiger partial charge < -0.3 is 15.9 Å². The van der Waals surface area contributed by atoms with Crippen molar-refractivity contribution in [1.29, 1.82) is 0 Å². The number of hydrogen-bond donors (Lipinski definition) is 3. The number of benzene rings is 1. The second kappa shape index (κ2) is 5.03. The molecule has 1 aromatic rings. The van der Waals surface area contributed by atoms with Gasteiger partial charge in [0.1, 0.15) is 5.75 Å². The molecule has 0 aliphatic rings. The Morgan fingerprint density at radius 3 is 2.44 bits per heavy atom. The molecule has 4 nitrogen and oxygen atoms in total. The lowest BCUT2D eigenvalue weighted by atomic mass is 10.0. The Morgan fingerprint density at radius 1 is 1.44 bits per heavy atom. The van der Waals surface area contributed by atoms with E-state index in [1.165, 1.54) is 0 Å². The number of aliphatic carboxylic acids is 1. The van der Waals surface area contributed by atoms with Crippen molar-refractivity contribution in [3.05, 3.63) is 28.3 Å². The molecule has 0 saturated carbocycles. The number of aromatic hydroxyl groups is 1. The molecule has 0 saturated heterocycles. The first-order valence-corrected chi connectivity index (χ1v) is 5.07. The molecule has 0 aromatic heterocycles. The predicted octanol–water partition coefficient (Wildman–Crippen LogP) is 2.54. The predicted molar refractivity (Wildman–Crippen MR) is 57.3 cm³/mol. The molecule has 0 radical (unpaired) electrons. The largest absolute Gasteiger partial charge is 0.506 e. The number of phenols is 1. The summed E-state index contributed by atoms with van der Waals surface area (Å²) in [4.78, 5) is 10.4. The van der Waals surface area contributed by atoms with Crippen LogP contribution in [0.5, 0.6) is 5.75 Å². The second-order valence-corrected chi connectivity index (χ2v) is 4.01. The highest BCUT2D eigenvalue weighted by Gasteiger charge is 2.33. The summed E-state index contributed by atoms with van der Waals surface area (Å²) in [6.45, 7) is 0. The van der Waals surface area contributed by atoms with Gasteiger partial charge in [-0.05, 0) is 12.1 Å². The van der Waals surface area contributed by atoms with Gasteiger partial charge in [-0.1, -0.05) is 11.6 Å². The standard InChI is InChI=1S/C10H9ClF3NO3/c11-6-2-4(10(12,13)14)1-5(9(6)18)7(15)3-8(16)17/h1-2,7,18H,3,15H2,(H,16,17). The lowest BCUT2D eigenvalue weighted by Crippen LogP contribution is -2.16. The van der Waals surface area contributed by atoms with Crippen molar-refractivity contribution in [3.63, 3.8) is 0 Å². The highest BCUT2D eigenvalue weighted by Crippen LogP contribution is 2.39. The number of hydrogen-bond acceptors (Lipinski definition) is 3. The summed E-state index contributed by atoms with van der Waals surface area (Å²) in [6.07, 6.45) is -5.28. The molecule has 0 amide bonds. The Kier molecular flexibility index (Phi) is 4.08. The molecule has 0 fully saturated rings. The van der Waals surface area contributed by atoms with Crippen LogP contribution < -0.4 is 5.73 Å². The van der Waals surface area contributed by atoms with Gasteiger partial charge in [0.15, 0.2) is 0 Å². The lowest BCUT2D eigenvalue weighted by molar-refractivity contribution is -0.138. The minimum absolute atomic E-state index is 0.350. The zero-order valence-corrected chi connectivity index (χ0v) is 9.59. The van der Waals surface area contributed by atoms with E-state index in [4.69, 9.17) is 22.4 Å². The molecule has 0 aliphatic heterocycles. The molecule has 4 N–H and O–H groups in total. The summed E-state index contributed by atoms with van der Waals surface area (Å²) in [5, 5.41) is 17.5. The van der Waals surface area contributed by atoms with Crippen LogP contribution in [0.1, 0.15) is 23.6 Å². The van der Waals surface area contributed by atoms with Crippen molar-refractivity contribution in [2.75, 3.05) is 0 Å². The molecular weight excluding hydrogens is 275 g/mol. The summed E-state index contributed by atoms with van der Waals surface area (Å²) in [7, 11) is 0. The van der Waals surface area contributed by atoms with Crippen LogP contribution in [-0.4, -0.2) is 16.2 Å². The van der Waals surface area contributed by atoms with E-state index in [0.29, 0.717) is 12.1 Å². The number of carbonyl (C=O) groups is 1. The molecule has 100 valence electrons. The van der Waals surface area contributed by atoms with Crippen LogP contribution in [0.3, 0.4) is 0 Å². The third-order valence-corrected chi connectivity index (χ3v) is 2.50. The number of nitrogens with two attached hydrogens (primary N) is 1. The topological polar surface area (TPSA) is 83.6 Å². The summed E-state index contributed by atoms with van der Waals surface area (Å²) >= 11 is 5.45. The van der Waals surface area contributed by atoms with Gasteiger partial charge in [-0.3, -0.25) is 4.79 Å². The first kappa shape index (κ1) is 14.6. The van der Waals surface area contributed by atoms with Crippen LogP contribution in [-0.2, 0) is 11.0 Å². The van der Waals surface area contributed by atoms with Crippen LogP contribution in [0.25, 0.3) is 0 Å². The molecular formula is C10H9ClF3NO3. The molecule has 0 heterocycles. The Balaban J connectivity index is 3.26. The summed E-state index contributed by atoms with van der Waals surface area (Å²) in [5.74, 6) is -1.94. The van der Waals surface area contributed by atoms with Crippen molar-refractivity contribution in [2.45, 2.75) is 18.6 Å². The lowest BCUT2D eigenvalue weighted by Gasteiger charge is -2.15. The van der Waals surface area contributed by atoms with Gasteiger partial charge in [0.05, 0.1) is 17.0 Å². The first-order chi connectivity index (χ1) is 8.12. The van der Waals surface area contributed by atoms with Crippen molar-refractivity contribution in [3.8, 4) is 5.75 Å². The van der Waals surface area contributed by atoms with Crippen molar-refractivity contribution >= 4 is 17.6 Å². The van der Waals surface area contributed by atoms with Gasteiger partial charge in [-0.2, -0.15) is 13.2 Å². The van der Waals surface area contributed by atoms with E-state index in [1.807, 2.05) is 0 Å². The van der Waals surface area contributed by atoms with E-state index >= 15 is 0 Å². The quantitative estimate of drug-likeness (QED) is 0.796. The van der Waals surface area contributed by atoms with Gasteiger partial charge in [-0.15, -0.1) is 0 Å². The number of carboxylic acids is 1. The van der Waals surface area contributed by atoms with Crippen LogP contribution in [0.4, 0.5) is 13.2 Å². The highest BCUT2D eigenvalue weighted by molar-refractivity contribution is 6.32. The van der Waals surface area contributed by atoms with Gasteiger partial charge in [0.25, 0.3) is 0 Å². The Morgan fingerprint density at radius 2 is 2.00 bits per heavy atom. The Labute approximate surface area is 105 Å². The molecule has 1 aromatic carbocycles. The summed E-state index contributed by atoms with van der Waals surface area (Å²) in [5.41, 5.74) is 3.97. The van der Waals surface area contributed by atoms with E-state index in [-0.39, 0.29) is 5.56 Å². The molecule has 8 heteroatoms. The van der Waals surface area contributed by atoms with Gasteiger partial charge in [0, 0.05) is 11.6 Å². The van der Waals surface area contributed by atoms with E-state index < -0.39 is 40.9 Å². The van der Waals surface area contributed by atoms with Gasteiger partial charge in [0.2, 0.25) is 0 Å².